The fourth-order valence-electron chi connectivity index (χ4n) is 2.13. The highest BCUT2D eigenvalue weighted by Gasteiger charge is 2.21. The van der Waals surface area contributed by atoms with E-state index in [1.165, 1.54) is 37.4 Å². The van der Waals surface area contributed by atoms with Gasteiger partial charge in [-0.15, -0.1) is 0 Å². The standard InChI is InChI=1S/C17H18BrFN2O4S/c1-3-8-20-26(23,24)16-9-11(4-7-15(16)25-2)17(22)21-14-6-5-12(18)10-13(14)19/h4-7,9-10,20H,3,8H2,1-2H3,(H,21,22). The first-order valence-corrected chi connectivity index (χ1v) is 10.00. The average molecular weight is 445 g/mol. The molecular weight excluding hydrogens is 427 g/mol. The molecule has 0 atom stereocenters. The van der Waals surface area contributed by atoms with Crippen LogP contribution >= 0.6 is 15.9 Å². The van der Waals surface area contributed by atoms with Gasteiger partial charge >= 0.3 is 0 Å². The van der Waals surface area contributed by atoms with Crippen LogP contribution in [-0.2, 0) is 10.0 Å². The summed E-state index contributed by atoms with van der Waals surface area (Å²) in [6.45, 7) is 2.09. The minimum atomic E-state index is -3.84. The second kappa shape index (κ2) is 8.61. The molecule has 0 saturated carbocycles. The number of halogens is 2. The number of methoxy groups -OCH3 is 1. The second-order valence-corrected chi connectivity index (χ2v) is 7.99. The van der Waals surface area contributed by atoms with Crippen molar-refractivity contribution >= 4 is 37.5 Å². The molecule has 9 heteroatoms. The van der Waals surface area contributed by atoms with E-state index in [2.05, 4.69) is 26.0 Å². The number of carbonyl (C=O) groups is 1. The van der Waals surface area contributed by atoms with Crippen LogP contribution in [0.15, 0.2) is 45.8 Å². The van der Waals surface area contributed by atoms with Crippen molar-refractivity contribution in [1.82, 2.24) is 4.72 Å². The predicted molar refractivity (Wildman–Crippen MR) is 101 cm³/mol. The normalized spacial score (nSPS) is 11.2. The predicted octanol–water partition coefficient (Wildman–Crippen LogP) is 3.54. The van der Waals surface area contributed by atoms with E-state index in [1.54, 1.807) is 6.07 Å². The van der Waals surface area contributed by atoms with E-state index in [9.17, 15) is 17.6 Å². The fourth-order valence-corrected chi connectivity index (χ4v) is 3.79. The fraction of sp³-hybridized carbons (Fsp3) is 0.235. The lowest BCUT2D eigenvalue weighted by Crippen LogP contribution is -2.25. The number of nitrogens with one attached hydrogen (secondary N) is 2. The summed E-state index contributed by atoms with van der Waals surface area (Å²) in [5.41, 5.74) is 0.0486. The maximum atomic E-state index is 13.9. The van der Waals surface area contributed by atoms with Crippen molar-refractivity contribution in [2.45, 2.75) is 18.2 Å². The molecule has 0 aliphatic carbocycles. The zero-order chi connectivity index (χ0) is 19.3. The number of hydrogen-bond acceptors (Lipinski definition) is 4. The van der Waals surface area contributed by atoms with Crippen molar-refractivity contribution in [3.8, 4) is 5.75 Å². The van der Waals surface area contributed by atoms with Gasteiger partial charge < -0.3 is 10.1 Å². The number of amides is 1. The van der Waals surface area contributed by atoms with Gasteiger partial charge in [-0.05, 0) is 42.8 Å². The molecule has 0 saturated heterocycles. The molecular formula is C17H18BrFN2O4S. The maximum absolute atomic E-state index is 13.9. The Morgan fingerprint density at radius 3 is 2.58 bits per heavy atom. The molecule has 26 heavy (non-hydrogen) atoms. The molecule has 0 radical (unpaired) electrons. The number of benzene rings is 2. The summed E-state index contributed by atoms with van der Waals surface area (Å²) >= 11 is 3.13. The molecule has 140 valence electrons. The lowest BCUT2D eigenvalue weighted by Gasteiger charge is -2.12. The first-order chi connectivity index (χ1) is 12.3. The van der Waals surface area contributed by atoms with Gasteiger partial charge in [0.1, 0.15) is 16.5 Å². The SMILES string of the molecule is CCCNS(=O)(=O)c1cc(C(=O)Nc2ccc(Br)cc2F)ccc1OC. The summed E-state index contributed by atoms with van der Waals surface area (Å²) in [5, 5.41) is 2.42. The van der Waals surface area contributed by atoms with Crippen LogP contribution in [0.1, 0.15) is 23.7 Å². The zero-order valence-electron chi connectivity index (χ0n) is 14.2. The molecule has 0 aliphatic rings. The van der Waals surface area contributed by atoms with Crippen molar-refractivity contribution in [2.75, 3.05) is 19.0 Å². The molecule has 0 fully saturated rings. The maximum Gasteiger partial charge on any atom is 0.255 e. The van der Waals surface area contributed by atoms with E-state index >= 15 is 0 Å². The molecule has 0 spiro atoms. The van der Waals surface area contributed by atoms with Crippen LogP contribution in [0.5, 0.6) is 5.75 Å². The zero-order valence-corrected chi connectivity index (χ0v) is 16.6. The van der Waals surface area contributed by atoms with Gasteiger partial charge in [-0.2, -0.15) is 0 Å². The van der Waals surface area contributed by atoms with E-state index in [0.717, 1.165) is 0 Å². The molecule has 0 heterocycles. The van der Waals surface area contributed by atoms with Crippen molar-refractivity contribution in [2.24, 2.45) is 0 Å². The van der Waals surface area contributed by atoms with Gasteiger partial charge in [-0.3, -0.25) is 4.79 Å². The van der Waals surface area contributed by atoms with Gasteiger partial charge in [-0.1, -0.05) is 22.9 Å². The van der Waals surface area contributed by atoms with Gasteiger partial charge in [0.05, 0.1) is 12.8 Å². The van der Waals surface area contributed by atoms with Gasteiger partial charge in [0.2, 0.25) is 10.0 Å². The van der Waals surface area contributed by atoms with Crippen molar-refractivity contribution in [3.05, 3.63) is 52.3 Å². The molecule has 0 aliphatic heterocycles. The summed E-state index contributed by atoms with van der Waals surface area (Å²) < 4.78 is 46.7. The van der Waals surface area contributed by atoms with Crippen LogP contribution < -0.4 is 14.8 Å². The van der Waals surface area contributed by atoms with Crippen LogP contribution in [0.2, 0.25) is 0 Å². The molecule has 2 aromatic carbocycles. The molecule has 0 unspecified atom stereocenters. The lowest BCUT2D eigenvalue weighted by molar-refractivity contribution is 0.102. The van der Waals surface area contributed by atoms with Gasteiger partial charge in [0.25, 0.3) is 5.91 Å². The van der Waals surface area contributed by atoms with Crippen LogP contribution in [-0.4, -0.2) is 28.0 Å². The number of ether oxygens (including phenoxy) is 1. The lowest BCUT2D eigenvalue weighted by atomic mass is 10.2. The molecule has 2 rings (SSSR count). The summed E-state index contributed by atoms with van der Waals surface area (Å²) in [6, 6.07) is 8.19. The van der Waals surface area contributed by atoms with Crippen molar-refractivity contribution in [3.63, 3.8) is 0 Å². The molecule has 2 aromatic rings. The molecule has 0 bridgehead atoms. The third-order valence-electron chi connectivity index (χ3n) is 3.44. The van der Waals surface area contributed by atoms with Crippen LogP contribution in [0.4, 0.5) is 10.1 Å². The summed E-state index contributed by atoms with van der Waals surface area (Å²) in [7, 11) is -2.50. The van der Waals surface area contributed by atoms with E-state index in [4.69, 9.17) is 4.74 Å². The molecule has 0 aromatic heterocycles. The Kier molecular flexibility index (Phi) is 6.74. The van der Waals surface area contributed by atoms with E-state index in [-0.39, 0.29) is 28.4 Å². The van der Waals surface area contributed by atoms with E-state index < -0.39 is 21.7 Å². The summed E-state index contributed by atoms with van der Waals surface area (Å²) in [6.07, 6.45) is 0.616. The smallest absolute Gasteiger partial charge is 0.255 e. The van der Waals surface area contributed by atoms with Gasteiger partial charge in [0.15, 0.2) is 0 Å². The Bertz CT molecular complexity index is 919. The third kappa shape index (κ3) is 4.80. The highest BCUT2D eigenvalue weighted by atomic mass is 79.9. The first kappa shape index (κ1) is 20.3. The second-order valence-electron chi connectivity index (χ2n) is 5.34. The highest BCUT2D eigenvalue weighted by molar-refractivity contribution is 9.10. The number of sulfonamides is 1. The third-order valence-corrected chi connectivity index (χ3v) is 5.41. The Labute approximate surface area is 159 Å². The Morgan fingerprint density at radius 1 is 1.23 bits per heavy atom. The van der Waals surface area contributed by atoms with Crippen LogP contribution in [0.25, 0.3) is 0 Å². The number of carbonyl (C=O) groups excluding carboxylic acids is 1. The van der Waals surface area contributed by atoms with Crippen molar-refractivity contribution < 1.29 is 22.3 Å². The number of hydrogen-bond donors (Lipinski definition) is 2. The van der Waals surface area contributed by atoms with Crippen LogP contribution in [0.3, 0.4) is 0 Å². The minimum absolute atomic E-state index is 0.0115. The van der Waals surface area contributed by atoms with Crippen LogP contribution in [0, 0.1) is 5.82 Å². The average Bonchev–Trinajstić information content (AvgIpc) is 2.61. The van der Waals surface area contributed by atoms with Gasteiger partial charge in [-0.25, -0.2) is 17.5 Å². The van der Waals surface area contributed by atoms with Crippen molar-refractivity contribution in [1.29, 1.82) is 0 Å². The molecule has 6 nitrogen and oxygen atoms in total. The molecule has 2 N–H and O–H groups in total. The molecule has 1 amide bonds. The van der Waals surface area contributed by atoms with E-state index in [0.29, 0.717) is 10.9 Å². The van der Waals surface area contributed by atoms with Gasteiger partial charge in [0, 0.05) is 16.6 Å². The summed E-state index contributed by atoms with van der Waals surface area (Å²) in [5.74, 6) is -1.14. The minimum Gasteiger partial charge on any atom is -0.495 e. The Hall–Kier alpha value is -1.97. The number of anilines is 1. The quantitative estimate of drug-likeness (QED) is 0.683. The number of rotatable bonds is 7. The largest absolute Gasteiger partial charge is 0.495 e. The van der Waals surface area contributed by atoms with E-state index in [1.807, 2.05) is 6.92 Å². The highest BCUT2D eigenvalue weighted by Crippen LogP contribution is 2.26. The summed E-state index contributed by atoms with van der Waals surface area (Å²) in [4.78, 5) is 12.2. The Morgan fingerprint density at radius 2 is 1.96 bits per heavy atom. The monoisotopic (exact) mass is 444 g/mol. The first-order valence-electron chi connectivity index (χ1n) is 7.72. The Balaban J connectivity index is 2.35. The topological polar surface area (TPSA) is 84.5 Å².